The van der Waals surface area contributed by atoms with E-state index in [4.69, 9.17) is 10.8 Å². The molecule has 2 aromatic rings. The minimum Gasteiger partial charge on any atom is -0.395 e. The molecule has 0 aliphatic heterocycles. The largest absolute Gasteiger partial charge is 0.395 e. The maximum atomic E-state index is 9.14. The monoisotopic (exact) mass is 303 g/mol. The Balaban J connectivity index is 2.46. The highest BCUT2D eigenvalue weighted by atomic mass is 32.1. The molecule has 0 saturated heterocycles. The first-order chi connectivity index (χ1) is 10.0. The summed E-state index contributed by atoms with van der Waals surface area (Å²) >= 11 is 1.57. The van der Waals surface area contributed by atoms with Crippen molar-refractivity contribution in [3.05, 3.63) is 45.6 Å². The number of amidine groups is 1. The number of thiophene rings is 1. The van der Waals surface area contributed by atoms with E-state index in [-0.39, 0.29) is 6.61 Å². The van der Waals surface area contributed by atoms with Gasteiger partial charge in [0, 0.05) is 13.6 Å². The van der Waals surface area contributed by atoms with Gasteiger partial charge in [0.05, 0.1) is 22.9 Å². The molecule has 1 aromatic heterocycles. The summed E-state index contributed by atoms with van der Waals surface area (Å²) in [5.41, 5.74) is 10.3. The van der Waals surface area contributed by atoms with Gasteiger partial charge < -0.3 is 15.7 Å². The molecule has 0 amide bonds. The number of rotatable bonds is 5. The molecule has 4 nitrogen and oxygen atoms in total. The highest BCUT2D eigenvalue weighted by Gasteiger charge is 2.10. The number of aliphatic hydroxyl groups excluding tert-OH is 1. The van der Waals surface area contributed by atoms with Gasteiger partial charge in [-0.2, -0.15) is 0 Å². The SMILES string of the molecule is Cc1cc(N=C(N)c2cccs2)c(N(C)CCO)cc1C. The van der Waals surface area contributed by atoms with Crippen LogP contribution in [-0.4, -0.2) is 31.1 Å². The molecule has 0 unspecified atom stereocenters. The summed E-state index contributed by atoms with van der Waals surface area (Å²) in [4.78, 5) is 7.54. The second-order valence-corrected chi connectivity index (χ2v) is 5.99. The van der Waals surface area contributed by atoms with Crippen LogP contribution in [0.1, 0.15) is 16.0 Å². The summed E-state index contributed by atoms with van der Waals surface area (Å²) in [6.07, 6.45) is 0. The summed E-state index contributed by atoms with van der Waals surface area (Å²) in [6.45, 7) is 4.80. The standard InChI is InChI=1S/C16H21N3OS/c1-11-9-13(18-16(17)15-5-4-8-21-15)14(10-12(11)2)19(3)6-7-20/h4-5,8-10,20H,6-7H2,1-3H3,(H2,17,18). The third-order valence-electron chi connectivity index (χ3n) is 3.45. The Hall–Kier alpha value is -1.85. The number of aryl methyl sites for hydroxylation is 2. The van der Waals surface area contributed by atoms with Crippen LogP contribution < -0.4 is 10.6 Å². The molecule has 0 spiro atoms. The van der Waals surface area contributed by atoms with Crippen molar-refractivity contribution in [3.63, 3.8) is 0 Å². The number of aliphatic hydroxyl groups is 1. The Labute approximate surface area is 129 Å². The molecule has 1 heterocycles. The summed E-state index contributed by atoms with van der Waals surface area (Å²) in [6, 6.07) is 8.05. The van der Waals surface area contributed by atoms with Crippen LogP contribution in [0.25, 0.3) is 0 Å². The topological polar surface area (TPSA) is 61.8 Å². The van der Waals surface area contributed by atoms with Gasteiger partial charge in [-0.1, -0.05) is 6.07 Å². The average molecular weight is 303 g/mol. The first-order valence-electron chi connectivity index (χ1n) is 6.84. The van der Waals surface area contributed by atoms with Gasteiger partial charge in [0.2, 0.25) is 0 Å². The van der Waals surface area contributed by atoms with Gasteiger partial charge in [0.15, 0.2) is 0 Å². The number of aliphatic imine (C=N–C) groups is 1. The van der Waals surface area contributed by atoms with Gasteiger partial charge in [-0.25, -0.2) is 4.99 Å². The van der Waals surface area contributed by atoms with Crippen LogP contribution in [0.4, 0.5) is 11.4 Å². The van der Waals surface area contributed by atoms with Crippen LogP contribution in [0.15, 0.2) is 34.6 Å². The summed E-state index contributed by atoms with van der Waals surface area (Å²) in [5, 5.41) is 11.1. The molecule has 0 bridgehead atoms. The molecule has 0 fully saturated rings. The van der Waals surface area contributed by atoms with Crippen LogP contribution in [0.2, 0.25) is 0 Å². The van der Waals surface area contributed by atoms with Crippen molar-refractivity contribution < 1.29 is 5.11 Å². The van der Waals surface area contributed by atoms with Crippen LogP contribution in [-0.2, 0) is 0 Å². The van der Waals surface area contributed by atoms with Crippen molar-refractivity contribution in [1.82, 2.24) is 0 Å². The summed E-state index contributed by atoms with van der Waals surface area (Å²) in [7, 11) is 1.95. The van der Waals surface area contributed by atoms with E-state index in [9.17, 15) is 0 Å². The van der Waals surface area contributed by atoms with Gasteiger partial charge in [-0.3, -0.25) is 0 Å². The number of nitrogens with zero attached hydrogens (tertiary/aromatic N) is 2. The third kappa shape index (κ3) is 3.62. The van der Waals surface area contributed by atoms with Crippen LogP contribution >= 0.6 is 11.3 Å². The number of hydrogen-bond acceptors (Lipinski definition) is 4. The second-order valence-electron chi connectivity index (χ2n) is 5.04. The van der Waals surface area contributed by atoms with E-state index in [1.54, 1.807) is 11.3 Å². The molecule has 2 rings (SSSR count). The van der Waals surface area contributed by atoms with Crippen LogP contribution in [0.5, 0.6) is 0 Å². The Bertz CT molecular complexity index is 635. The van der Waals surface area contributed by atoms with Crippen molar-refractivity contribution in [1.29, 1.82) is 0 Å². The van der Waals surface area contributed by atoms with Crippen molar-refractivity contribution in [2.75, 3.05) is 25.1 Å². The maximum Gasteiger partial charge on any atom is 0.141 e. The Kier molecular flexibility index (Phi) is 4.98. The quantitative estimate of drug-likeness (QED) is 0.659. The smallest absolute Gasteiger partial charge is 0.141 e. The number of anilines is 1. The predicted molar refractivity (Wildman–Crippen MR) is 91.0 cm³/mol. The molecule has 0 aliphatic rings. The molecule has 0 radical (unpaired) electrons. The highest BCUT2D eigenvalue weighted by Crippen LogP contribution is 2.31. The molecular formula is C16H21N3OS. The first kappa shape index (κ1) is 15.5. The van der Waals surface area contributed by atoms with Gasteiger partial charge >= 0.3 is 0 Å². The normalized spacial score (nSPS) is 11.7. The molecule has 5 heteroatoms. The van der Waals surface area contributed by atoms with E-state index < -0.39 is 0 Å². The van der Waals surface area contributed by atoms with Gasteiger partial charge in [-0.05, 0) is 48.6 Å². The van der Waals surface area contributed by atoms with E-state index >= 15 is 0 Å². The van der Waals surface area contributed by atoms with Gasteiger partial charge in [-0.15, -0.1) is 11.3 Å². The summed E-state index contributed by atoms with van der Waals surface area (Å²) < 4.78 is 0. The lowest BCUT2D eigenvalue weighted by atomic mass is 10.1. The van der Waals surface area contributed by atoms with Crippen molar-refractivity contribution in [3.8, 4) is 0 Å². The lowest BCUT2D eigenvalue weighted by Crippen LogP contribution is -2.21. The molecular weight excluding hydrogens is 282 g/mol. The lowest BCUT2D eigenvalue weighted by molar-refractivity contribution is 0.304. The highest BCUT2D eigenvalue weighted by molar-refractivity contribution is 7.12. The van der Waals surface area contributed by atoms with Crippen molar-refractivity contribution >= 4 is 28.5 Å². The van der Waals surface area contributed by atoms with E-state index in [2.05, 4.69) is 24.9 Å². The van der Waals surface area contributed by atoms with Crippen LogP contribution in [0, 0.1) is 13.8 Å². The Morgan fingerprint density at radius 3 is 2.67 bits per heavy atom. The fraction of sp³-hybridized carbons (Fsp3) is 0.312. The molecule has 112 valence electrons. The van der Waals surface area contributed by atoms with E-state index in [1.165, 1.54) is 11.1 Å². The summed E-state index contributed by atoms with van der Waals surface area (Å²) in [5.74, 6) is 0.520. The first-order valence-corrected chi connectivity index (χ1v) is 7.72. The zero-order chi connectivity index (χ0) is 15.4. The maximum absolute atomic E-state index is 9.14. The predicted octanol–water partition coefficient (Wildman–Crippen LogP) is 2.83. The fourth-order valence-corrected chi connectivity index (χ4v) is 2.69. The number of benzene rings is 1. The fourth-order valence-electron chi connectivity index (χ4n) is 2.06. The lowest BCUT2D eigenvalue weighted by Gasteiger charge is -2.21. The van der Waals surface area contributed by atoms with E-state index in [0.29, 0.717) is 12.4 Å². The molecule has 1 aromatic carbocycles. The Morgan fingerprint density at radius 2 is 2.05 bits per heavy atom. The zero-order valence-electron chi connectivity index (χ0n) is 12.6. The van der Waals surface area contributed by atoms with Gasteiger partial charge in [0.1, 0.15) is 5.84 Å². The minimum atomic E-state index is 0.104. The van der Waals surface area contributed by atoms with Crippen molar-refractivity contribution in [2.24, 2.45) is 10.7 Å². The van der Waals surface area contributed by atoms with Crippen molar-refractivity contribution in [2.45, 2.75) is 13.8 Å². The number of hydrogen-bond donors (Lipinski definition) is 2. The molecule has 0 saturated carbocycles. The van der Waals surface area contributed by atoms with E-state index in [1.807, 2.05) is 35.5 Å². The third-order valence-corrected chi connectivity index (χ3v) is 4.34. The minimum absolute atomic E-state index is 0.104. The Morgan fingerprint density at radius 1 is 1.33 bits per heavy atom. The molecule has 0 atom stereocenters. The average Bonchev–Trinajstić information content (AvgIpc) is 2.97. The second kappa shape index (κ2) is 6.74. The number of likely N-dealkylation sites (N-methyl/N-ethyl adjacent to an activating group) is 1. The zero-order valence-corrected chi connectivity index (χ0v) is 13.4. The number of nitrogens with two attached hydrogens (primary N) is 1. The van der Waals surface area contributed by atoms with Crippen LogP contribution in [0.3, 0.4) is 0 Å². The molecule has 21 heavy (non-hydrogen) atoms. The van der Waals surface area contributed by atoms with Gasteiger partial charge in [0.25, 0.3) is 0 Å². The van der Waals surface area contributed by atoms with E-state index in [0.717, 1.165) is 16.3 Å². The molecule has 0 aliphatic carbocycles. The molecule has 3 N–H and O–H groups in total.